The van der Waals surface area contributed by atoms with Crippen molar-refractivity contribution in [2.45, 2.75) is 18.7 Å². The number of nitrogens with one attached hydrogen (secondary N) is 3. The van der Waals surface area contributed by atoms with Crippen molar-refractivity contribution < 1.29 is 17.9 Å². The minimum Gasteiger partial charge on any atom is -0.483 e. The average Bonchev–Trinajstić information content (AvgIpc) is 2.84. The van der Waals surface area contributed by atoms with E-state index in [2.05, 4.69) is 15.4 Å². The zero-order valence-corrected chi connectivity index (χ0v) is 21.4. The van der Waals surface area contributed by atoms with E-state index >= 15 is 0 Å². The molecule has 0 aliphatic rings. The van der Waals surface area contributed by atoms with Gasteiger partial charge in [0, 0.05) is 11.1 Å². The van der Waals surface area contributed by atoms with Crippen LogP contribution in [0.4, 0.5) is 11.4 Å². The van der Waals surface area contributed by atoms with Gasteiger partial charge in [0.2, 0.25) is 0 Å². The molecule has 0 saturated carbocycles. The molecule has 0 unspecified atom stereocenters. The normalized spacial score (nSPS) is 11.1. The van der Waals surface area contributed by atoms with Crippen LogP contribution in [0.5, 0.6) is 5.75 Å². The first-order chi connectivity index (χ1) is 17.2. The highest BCUT2D eigenvalue weighted by Crippen LogP contribution is 2.25. The molecule has 9 heteroatoms. The number of benzene rings is 4. The van der Waals surface area contributed by atoms with Crippen LogP contribution >= 0.6 is 12.2 Å². The second-order valence-corrected chi connectivity index (χ2v) is 10.3. The second-order valence-electron chi connectivity index (χ2n) is 8.22. The molecule has 3 N–H and O–H groups in total. The van der Waals surface area contributed by atoms with Crippen molar-refractivity contribution in [2.75, 3.05) is 16.6 Å². The van der Waals surface area contributed by atoms with E-state index in [0.717, 1.165) is 21.9 Å². The van der Waals surface area contributed by atoms with Crippen molar-refractivity contribution >= 4 is 55.4 Å². The van der Waals surface area contributed by atoms with E-state index in [1.54, 1.807) is 24.3 Å². The Labute approximate surface area is 215 Å². The number of rotatable bonds is 7. The van der Waals surface area contributed by atoms with Crippen LogP contribution in [0.3, 0.4) is 0 Å². The topological polar surface area (TPSA) is 96.5 Å². The Kier molecular flexibility index (Phi) is 7.52. The minimum absolute atomic E-state index is 0.0746. The van der Waals surface area contributed by atoms with E-state index in [9.17, 15) is 13.2 Å². The standard InChI is InChI=1S/C27H25N3O4S2/c1-18-10-15-24(19(2)16-18)30-36(32,33)22-13-11-21(12-14-22)28-27(35)29-26(31)17-34-25-9-5-7-20-6-3-4-8-23(20)25/h3-16,30H,17H2,1-2H3,(H2,28,29,31,35). The van der Waals surface area contributed by atoms with Gasteiger partial charge in [0.25, 0.3) is 15.9 Å². The van der Waals surface area contributed by atoms with Crippen LogP contribution < -0.4 is 20.1 Å². The number of sulfonamides is 1. The molecule has 184 valence electrons. The lowest BCUT2D eigenvalue weighted by Gasteiger charge is -2.13. The van der Waals surface area contributed by atoms with Gasteiger partial charge in [0.15, 0.2) is 11.7 Å². The Balaban J connectivity index is 1.32. The third kappa shape index (κ3) is 6.18. The van der Waals surface area contributed by atoms with Crippen molar-refractivity contribution in [1.82, 2.24) is 5.32 Å². The zero-order chi connectivity index (χ0) is 25.7. The van der Waals surface area contributed by atoms with Gasteiger partial charge in [0.05, 0.1) is 10.6 Å². The molecule has 0 aliphatic carbocycles. The third-order valence-corrected chi connectivity index (χ3v) is 7.00. The van der Waals surface area contributed by atoms with Crippen LogP contribution in [0.25, 0.3) is 10.8 Å². The highest BCUT2D eigenvalue weighted by atomic mass is 32.2. The molecule has 7 nitrogen and oxygen atoms in total. The average molecular weight is 520 g/mol. The highest BCUT2D eigenvalue weighted by molar-refractivity contribution is 7.92. The fraction of sp³-hybridized carbons (Fsp3) is 0.111. The summed E-state index contributed by atoms with van der Waals surface area (Å²) in [6.07, 6.45) is 0. The smallest absolute Gasteiger partial charge is 0.264 e. The molecule has 0 radical (unpaired) electrons. The number of carbonyl (C=O) groups excluding carboxylic acids is 1. The molecule has 0 saturated heterocycles. The summed E-state index contributed by atoms with van der Waals surface area (Å²) in [5, 5.41) is 7.44. The maximum Gasteiger partial charge on any atom is 0.264 e. The monoisotopic (exact) mass is 519 g/mol. The molecule has 36 heavy (non-hydrogen) atoms. The number of anilines is 2. The van der Waals surface area contributed by atoms with Crippen molar-refractivity contribution in [1.29, 1.82) is 0 Å². The van der Waals surface area contributed by atoms with Gasteiger partial charge in [-0.15, -0.1) is 0 Å². The number of ether oxygens (including phenoxy) is 1. The van der Waals surface area contributed by atoms with Crippen LogP contribution in [0.15, 0.2) is 89.8 Å². The summed E-state index contributed by atoms with van der Waals surface area (Å²) >= 11 is 5.21. The van der Waals surface area contributed by atoms with Gasteiger partial charge in [-0.3, -0.25) is 14.8 Å². The summed E-state index contributed by atoms with van der Waals surface area (Å²) in [6.45, 7) is 3.58. The van der Waals surface area contributed by atoms with Gasteiger partial charge in [-0.1, -0.05) is 54.1 Å². The molecule has 0 spiro atoms. The van der Waals surface area contributed by atoms with Crippen LogP contribution in [0.1, 0.15) is 11.1 Å². The van der Waals surface area contributed by atoms with E-state index in [0.29, 0.717) is 17.1 Å². The van der Waals surface area contributed by atoms with E-state index in [-0.39, 0.29) is 16.6 Å². The molecular formula is C27H25N3O4S2. The summed E-state index contributed by atoms with van der Waals surface area (Å²) < 4.78 is 33.8. The minimum atomic E-state index is -3.76. The van der Waals surface area contributed by atoms with Crippen molar-refractivity contribution in [2.24, 2.45) is 0 Å². The Hall–Kier alpha value is -3.95. The van der Waals surface area contributed by atoms with Gasteiger partial charge in [0.1, 0.15) is 5.75 Å². The lowest BCUT2D eigenvalue weighted by molar-refractivity contribution is -0.121. The maximum absolute atomic E-state index is 12.8. The molecule has 0 aliphatic heterocycles. The first-order valence-corrected chi connectivity index (χ1v) is 13.0. The second kappa shape index (κ2) is 10.8. The SMILES string of the molecule is Cc1ccc(NS(=O)(=O)c2ccc(NC(=S)NC(=O)COc3cccc4ccccc34)cc2)c(C)c1. The van der Waals surface area contributed by atoms with Gasteiger partial charge in [-0.25, -0.2) is 8.42 Å². The number of fused-ring (bicyclic) bond motifs is 1. The summed E-state index contributed by atoms with van der Waals surface area (Å²) in [6, 6.07) is 24.9. The number of aryl methyl sites for hydroxylation is 2. The molecule has 1 amide bonds. The zero-order valence-electron chi connectivity index (χ0n) is 19.7. The maximum atomic E-state index is 12.8. The van der Waals surface area contributed by atoms with Gasteiger partial charge < -0.3 is 10.1 Å². The lowest BCUT2D eigenvalue weighted by Crippen LogP contribution is -2.37. The number of hydrogen-bond donors (Lipinski definition) is 3. The summed E-state index contributed by atoms with van der Waals surface area (Å²) in [7, 11) is -3.76. The first-order valence-electron chi connectivity index (χ1n) is 11.1. The Morgan fingerprint density at radius 1 is 0.917 bits per heavy atom. The number of hydrogen-bond acceptors (Lipinski definition) is 5. The predicted molar refractivity (Wildman–Crippen MR) is 147 cm³/mol. The van der Waals surface area contributed by atoms with Crippen LogP contribution in [-0.4, -0.2) is 26.0 Å². The van der Waals surface area contributed by atoms with Crippen LogP contribution in [0, 0.1) is 13.8 Å². The largest absolute Gasteiger partial charge is 0.483 e. The number of amides is 1. The Morgan fingerprint density at radius 3 is 2.39 bits per heavy atom. The van der Waals surface area contributed by atoms with Crippen molar-refractivity contribution in [3.63, 3.8) is 0 Å². The third-order valence-electron chi connectivity index (χ3n) is 5.41. The van der Waals surface area contributed by atoms with E-state index < -0.39 is 15.9 Å². The summed E-state index contributed by atoms with van der Waals surface area (Å²) in [5.74, 6) is 0.186. The van der Waals surface area contributed by atoms with Gasteiger partial charge >= 0.3 is 0 Å². The quantitative estimate of drug-likeness (QED) is 0.292. The molecule has 0 fully saturated rings. The molecule has 4 aromatic carbocycles. The fourth-order valence-electron chi connectivity index (χ4n) is 3.64. The number of thiocarbonyl (C=S) groups is 1. The molecule has 0 atom stereocenters. The van der Waals surface area contributed by atoms with Crippen LogP contribution in [-0.2, 0) is 14.8 Å². The molecule has 0 aromatic heterocycles. The van der Waals surface area contributed by atoms with Gasteiger partial charge in [-0.05, 0) is 73.4 Å². The van der Waals surface area contributed by atoms with Crippen molar-refractivity contribution in [3.05, 3.63) is 96.1 Å². The molecule has 0 heterocycles. The summed E-state index contributed by atoms with van der Waals surface area (Å²) in [5.41, 5.74) is 2.94. The Morgan fingerprint density at radius 2 is 1.64 bits per heavy atom. The first kappa shape index (κ1) is 25.2. The van der Waals surface area contributed by atoms with E-state index in [1.807, 2.05) is 62.4 Å². The molecule has 0 bridgehead atoms. The number of carbonyl (C=O) groups is 1. The van der Waals surface area contributed by atoms with E-state index in [1.165, 1.54) is 12.1 Å². The van der Waals surface area contributed by atoms with Crippen molar-refractivity contribution in [3.8, 4) is 5.75 Å². The lowest BCUT2D eigenvalue weighted by atomic mass is 10.1. The highest BCUT2D eigenvalue weighted by Gasteiger charge is 2.15. The summed E-state index contributed by atoms with van der Waals surface area (Å²) in [4.78, 5) is 12.4. The predicted octanol–water partition coefficient (Wildman–Crippen LogP) is 5.15. The fourth-order valence-corrected chi connectivity index (χ4v) is 5.00. The van der Waals surface area contributed by atoms with Crippen LogP contribution in [0.2, 0.25) is 0 Å². The van der Waals surface area contributed by atoms with Gasteiger partial charge in [-0.2, -0.15) is 0 Å². The Bertz CT molecular complexity index is 1530. The molecule has 4 aromatic rings. The molecular weight excluding hydrogens is 494 g/mol. The molecule has 4 rings (SSSR count). The van der Waals surface area contributed by atoms with E-state index in [4.69, 9.17) is 17.0 Å².